The summed E-state index contributed by atoms with van der Waals surface area (Å²) < 4.78 is 1.22. The average molecular weight is 680 g/mol. The molecule has 2 heteroatoms. The number of rotatable bonds is 5. The van der Waals surface area contributed by atoms with E-state index >= 15 is 0 Å². The van der Waals surface area contributed by atoms with Gasteiger partial charge in [-0.25, -0.2) is 4.98 Å². The molecule has 0 saturated heterocycles. The van der Waals surface area contributed by atoms with Crippen molar-refractivity contribution in [3.8, 4) is 55.6 Å². The third-order valence-electron chi connectivity index (χ3n) is 10.3. The fourth-order valence-electron chi connectivity index (χ4n) is 7.88. The van der Waals surface area contributed by atoms with Gasteiger partial charge in [-0.15, -0.1) is 11.3 Å². The zero-order chi connectivity index (χ0) is 34.6. The highest BCUT2D eigenvalue weighted by atomic mass is 32.1. The van der Waals surface area contributed by atoms with Crippen molar-refractivity contribution < 1.29 is 0 Å². The van der Waals surface area contributed by atoms with Gasteiger partial charge in [0.05, 0.1) is 15.2 Å². The Labute approximate surface area is 307 Å². The minimum atomic E-state index is 1.08. The van der Waals surface area contributed by atoms with Crippen molar-refractivity contribution in [3.63, 3.8) is 0 Å². The minimum absolute atomic E-state index is 1.08. The van der Waals surface area contributed by atoms with Crippen LogP contribution in [0.15, 0.2) is 182 Å². The SMILES string of the molecule is Cc1nc2c(-c3cccc(-c4cc(-c5ccccc5)cc(-c5cccc(-c6ccc7c8ccccc8c8ccccc8c7c6)c5)c4)c3)cccc2s1. The van der Waals surface area contributed by atoms with E-state index in [1.807, 2.05) is 0 Å². The number of hydrogen-bond acceptors (Lipinski definition) is 2. The molecule has 0 spiro atoms. The topological polar surface area (TPSA) is 12.9 Å². The van der Waals surface area contributed by atoms with Crippen LogP contribution in [0.3, 0.4) is 0 Å². The van der Waals surface area contributed by atoms with Crippen LogP contribution in [-0.4, -0.2) is 4.98 Å². The highest BCUT2D eigenvalue weighted by Crippen LogP contribution is 2.40. The number of aryl methyl sites for hydroxylation is 1. The predicted molar refractivity (Wildman–Crippen MR) is 224 cm³/mol. The summed E-state index contributed by atoms with van der Waals surface area (Å²) in [6, 6.07) is 66.7. The first kappa shape index (κ1) is 30.5. The Kier molecular flexibility index (Phi) is 7.30. The Morgan fingerprint density at radius 1 is 0.327 bits per heavy atom. The van der Waals surface area contributed by atoms with Gasteiger partial charge >= 0.3 is 0 Å². The maximum Gasteiger partial charge on any atom is 0.0908 e. The molecule has 0 N–H and O–H groups in total. The van der Waals surface area contributed by atoms with Gasteiger partial charge < -0.3 is 0 Å². The maximum atomic E-state index is 4.90. The second kappa shape index (κ2) is 12.5. The van der Waals surface area contributed by atoms with Crippen molar-refractivity contribution in [2.24, 2.45) is 0 Å². The number of hydrogen-bond donors (Lipinski definition) is 0. The fourth-order valence-corrected chi connectivity index (χ4v) is 8.74. The maximum absolute atomic E-state index is 4.90. The Balaban J connectivity index is 1.11. The van der Waals surface area contributed by atoms with Gasteiger partial charge in [-0.05, 0) is 132 Å². The first-order valence-corrected chi connectivity index (χ1v) is 18.6. The van der Waals surface area contributed by atoms with Gasteiger partial charge in [-0.1, -0.05) is 140 Å². The summed E-state index contributed by atoms with van der Waals surface area (Å²) in [6.45, 7) is 2.08. The summed E-state index contributed by atoms with van der Waals surface area (Å²) in [6.07, 6.45) is 0. The molecule has 0 aliphatic heterocycles. The van der Waals surface area contributed by atoms with Crippen LogP contribution >= 0.6 is 11.3 Å². The second-order valence-electron chi connectivity index (χ2n) is 13.6. The van der Waals surface area contributed by atoms with Gasteiger partial charge in [-0.2, -0.15) is 0 Å². The summed E-state index contributed by atoms with van der Waals surface area (Å²) in [7, 11) is 0. The van der Waals surface area contributed by atoms with E-state index in [1.54, 1.807) is 11.3 Å². The van der Waals surface area contributed by atoms with Crippen LogP contribution in [-0.2, 0) is 0 Å². The summed E-state index contributed by atoms with van der Waals surface area (Å²) >= 11 is 1.75. The lowest BCUT2D eigenvalue weighted by atomic mass is 9.90. The Bertz CT molecular complexity index is 2940. The third kappa shape index (κ3) is 5.28. The van der Waals surface area contributed by atoms with Gasteiger partial charge in [-0.3, -0.25) is 0 Å². The predicted octanol–water partition coefficient (Wildman–Crippen LogP) is 14.4. The lowest BCUT2D eigenvalue weighted by Gasteiger charge is -2.14. The van der Waals surface area contributed by atoms with Crippen LogP contribution < -0.4 is 0 Å². The number of benzene rings is 9. The molecule has 0 atom stereocenters. The highest BCUT2D eigenvalue weighted by Gasteiger charge is 2.13. The molecule has 0 aliphatic carbocycles. The molecule has 0 radical (unpaired) electrons. The molecule has 0 amide bonds. The van der Waals surface area contributed by atoms with E-state index in [0.717, 1.165) is 10.5 Å². The summed E-state index contributed by atoms with van der Waals surface area (Å²) in [4.78, 5) is 4.90. The molecule has 1 heterocycles. The van der Waals surface area contributed by atoms with Crippen LogP contribution in [0.4, 0.5) is 0 Å². The van der Waals surface area contributed by atoms with E-state index in [4.69, 9.17) is 4.98 Å². The van der Waals surface area contributed by atoms with Crippen LogP contribution in [0.2, 0.25) is 0 Å². The molecule has 52 heavy (non-hydrogen) atoms. The molecule has 244 valence electrons. The van der Waals surface area contributed by atoms with Crippen LogP contribution in [0.5, 0.6) is 0 Å². The normalized spacial score (nSPS) is 11.6. The summed E-state index contributed by atoms with van der Waals surface area (Å²) in [5.41, 5.74) is 13.0. The molecule has 0 bridgehead atoms. The first-order valence-electron chi connectivity index (χ1n) is 17.8. The van der Waals surface area contributed by atoms with Gasteiger partial charge in [0.25, 0.3) is 0 Å². The molecule has 10 aromatic rings. The number of fused-ring (bicyclic) bond motifs is 7. The molecule has 1 nitrogen and oxygen atoms in total. The van der Waals surface area contributed by atoms with Gasteiger partial charge in [0, 0.05) is 5.56 Å². The fraction of sp³-hybridized carbons (Fsp3) is 0.0200. The zero-order valence-electron chi connectivity index (χ0n) is 28.7. The van der Waals surface area contributed by atoms with Crippen molar-refractivity contribution in [2.45, 2.75) is 6.92 Å². The summed E-state index contributed by atoms with van der Waals surface area (Å²) in [5, 5.41) is 8.85. The summed E-state index contributed by atoms with van der Waals surface area (Å²) in [5.74, 6) is 0. The van der Waals surface area contributed by atoms with Crippen molar-refractivity contribution >= 4 is 53.9 Å². The largest absolute Gasteiger partial charge is 0.241 e. The lowest BCUT2D eigenvalue weighted by Crippen LogP contribution is -1.88. The van der Waals surface area contributed by atoms with Gasteiger partial charge in [0.1, 0.15) is 0 Å². The Hall–Kier alpha value is -6.35. The Morgan fingerprint density at radius 3 is 1.42 bits per heavy atom. The van der Waals surface area contributed by atoms with Gasteiger partial charge in [0.2, 0.25) is 0 Å². The van der Waals surface area contributed by atoms with Gasteiger partial charge in [0.15, 0.2) is 0 Å². The number of thiazole rings is 1. The minimum Gasteiger partial charge on any atom is -0.241 e. The molecule has 10 rings (SSSR count). The standard InChI is InChI=1S/C50H33NS/c1-32-51-50-42(22-11-23-49(50)52-32)38-17-10-16-36(27-38)41-29-39(33-12-3-2-4-13-33)28-40(30-41)35-15-9-14-34(26-35)37-24-25-47-45-20-6-5-18-43(45)44-19-7-8-21-46(44)48(47)31-37/h2-31H,1H3. The van der Waals surface area contributed by atoms with E-state index < -0.39 is 0 Å². The molecule has 9 aromatic carbocycles. The second-order valence-corrected chi connectivity index (χ2v) is 14.8. The molecule has 1 aromatic heterocycles. The molecule has 0 aliphatic rings. The van der Waals surface area contributed by atoms with Crippen molar-refractivity contribution in [2.75, 3.05) is 0 Å². The van der Waals surface area contributed by atoms with Crippen LogP contribution in [0.1, 0.15) is 5.01 Å². The van der Waals surface area contributed by atoms with Crippen molar-refractivity contribution in [3.05, 3.63) is 187 Å². The highest BCUT2D eigenvalue weighted by molar-refractivity contribution is 7.18. The van der Waals surface area contributed by atoms with Crippen LogP contribution in [0, 0.1) is 6.92 Å². The van der Waals surface area contributed by atoms with E-state index in [2.05, 4.69) is 189 Å². The third-order valence-corrected chi connectivity index (χ3v) is 11.3. The molecular formula is C50H33NS. The smallest absolute Gasteiger partial charge is 0.0908 e. The van der Waals surface area contributed by atoms with Crippen molar-refractivity contribution in [1.82, 2.24) is 4.98 Å². The Morgan fingerprint density at radius 2 is 0.769 bits per heavy atom. The lowest BCUT2D eigenvalue weighted by molar-refractivity contribution is 1.35. The first-order chi connectivity index (χ1) is 25.7. The van der Waals surface area contributed by atoms with Crippen molar-refractivity contribution in [1.29, 1.82) is 0 Å². The molecule has 0 fully saturated rings. The van der Waals surface area contributed by atoms with E-state index in [-0.39, 0.29) is 0 Å². The average Bonchev–Trinajstić information content (AvgIpc) is 3.61. The molecular weight excluding hydrogens is 647 g/mol. The van der Waals surface area contributed by atoms with E-state index in [0.29, 0.717) is 0 Å². The zero-order valence-corrected chi connectivity index (χ0v) is 29.5. The monoisotopic (exact) mass is 679 g/mol. The number of aromatic nitrogens is 1. The van der Waals surface area contributed by atoms with Crippen LogP contribution in [0.25, 0.3) is 98.2 Å². The molecule has 0 saturated carbocycles. The van der Waals surface area contributed by atoms with E-state index in [9.17, 15) is 0 Å². The molecule has 0 unspecified atom stereocenters. The number of nitrogens with zero attached hydrogens (tertiary/aromatic N) is 1. The van der Waals surface area contributed by atoms with E-state index in [1.165, 1.54) is 92.7 Å². The quantitative estimate of drug-likeness (QED) is 0.165. The number of para-hydroxylation sites is 1.